The predicted octanol–water partition coefficient (Wildman–Crippen LogP) is 3.99. The molecule has 3 aromatic rings. The molecule has 4 rings (SSSR count). The maximum absolute atomic E-state index is 13.9. The summed E-state index contributed by atoms with van der Waals surface area (Å²) in [5.41, 5.74) is -0.0111. The summed E-state index contributed by atoms with van der Waals surface area (Å²) in [5, 5.41) is 11.0. The number of hydrogen-bond donors (Lipinski definition) is 1. The van der Waals surface area contributed by atoms with Crippen LogP contribution in [0.3, 0.4) is 0 Å². The Labute approximate surface area is 176 Å². The van der Waals surface area contributed by atoms with Gasteiger partial charge in [-0.25, -0.2) is 13.8 Å². The molecule has 1 atom stereocenters. The van der Waals surface area contributed by atoms with Crippen molar-refractivity contribution in [2.24, 2.45) is 0 Å². The number of nitrogens with zero attached hydrogens (tertiary/aromatic N) is 2. The van der Waals surface area contributed by atoms with Gasteiger partial charge in [0, 0.05) is 6.20 Å². The number of aromatic nitrogens is 1. The Balaban J connectivity index is 1.98. The standard InChI is InChI=1S/C23H16F2N2O4/c1-31-17-10-9-15(25)12-16(17)21(28)19-20(13-5-7-14(24)8-6-13)27(23(30)22(19)29)18-4-2-3-11-26-18/h2-12,20,28H,1H3/b21-19+. The highest BCUT2D eigenvalue weighted by molar-refractivity contribution is 6.51. The molecule has 0 bridgehead atoms. The number of aliphatic hydroxyl groups is 1. The zero-order valence-corrected chi connectivity index (χ0v) is 16.3. The topological polar surface area (TPSA) is 79.7 Å². The second kappa shape index (κ2) is 7.98. The minimum absolute atomic E-state index is 0.0892. The Morgan fingerprint density at radius 2 is 1.74 bits per heavy atom. The Morgan fingerprint density at radius 3 is 2.39 bits per heavy atom. The smallest absolute Gasteiger partial charge is 0.301 e. The zero-order chi connectivity index (χ0) is 22.1. The summed E-state index contributed by atoms with van der Waals surface area (Å²) in [5.74, 6) is -3.41. The maximum Gasteiger partial charge on any atom is 0.301 e. The third-order valence-electron chi connectivity index (χ3n) is 4.94. The molecule has 1 fully saturated rings. The molecule has 1 aliphatic heterocycles. The number of rotatable bonds is 4. The minimum Gasteiger partial charge on any atom is -0.507 e. The van der Waals surface area contributed by atoms with Crippen LogP contribution in [0.1, 0.15) is 17.2 Å². The van der Waals surface area contributed by atoms with Crippen LogP contribution in [0.15, 0.2) is 72.4 Å². The van der Waals surface area contributed by atoms with Gasteiger partial charge in [0.1, 0.15) is 29.0 Å². The number of Topliss-reactive ketones (excluding diaryl/α,β-unsaturated/α-hetero) is 1. The second-order valence-corrected chi connectivity index (χ2v) is 6.75. The summed E-state index contributed by atoms with van der Waals surface area (Å²) in [4.78, 5) is 31.2. The molecule has 0 aliphatic carbocycles. The number of carbonyl (C=O) groups is 2. The normalized spacial score (nSPS) is 17.8. The van der Waals surface area contributed by atoms with Crippen LogP contribution in [-0.2, 0) is 9.59 Å². The lowest BCUT2D eigenvalue weighted by Crippen LogP contribution is -2.30. The number of ketones is 1. The Kier molecular flexibility index (Phi) is 5.21. The van der Waals surface area contributed by atoms with Crippen LogP contribution < -0.4 is 9.64 Å². The summed E-state index contributed by atoms with van der Waals surface area (Å²) < 4.78 is 32.6. The van der Waals surface area contributed by atoms with Crippen molar-refractivity contribution >= 4 is 23.3 Å². The van der Waals surface area contributed by atoms with E-state index in [2.05, 4.69) is 4.98 Å². The number of pyridine rings is 1. The molecular formula is C23H16F2N2O4. The van der Waals surface area contributed by atoms with E-state index in [4.69, 9.17) is 4.74 Å². The number of carbonyl (C=O) groups excluding carboxylic acids is 2. The van der Waals surface area contributed by atoms with E-state index in [0.717, 1.165) is 17.0 Å². The molecule has 1 aliphatic rings. The first kappa shape index (κ1) is 20.2. The third kappa shape index (κ3) is 3.52. The van der Waals surface area contributed by atoms with E-state index in [1.54, 1.807) is 12.1 Å². The molecule has 2 heterocycles. The van der Waals surface area contributed by atoms with Crippen molar-refractivity contribution < 1.29 is 28.2 Å². The Hall–Kier alpha value is -4.07. The van der Waals surface area contributed by atoms with Gasteiger partial charge in [0.05, 0.1) is 24.3 Å². The summed E-state index contributed by atoms with van der Waals surface area (Å²) in [6.07, 6.45) is 1.45. The SMILES string of the molecule is COc1ccc(F)cc1/C(O)=C1\C(=O)C(=O)N(c2ccccn2)C1c1ccc(F)cc1. The van der Waals surface area contributed by atoms with Crippen molar-refractivity contribution in [1.29, 1.82) is 0 Å². The van der Waals surface area contributed by atoms with E-state index in [9.17, 15) is 23.5 Å². The van der Waals surface area contributed by atoms with Crippen LogP contribution >= 0.6 is 0 Å². The Morgan fingerprint density at radius 1 is 1.03 bits per heavy atom. The van der Waals surface area contributed by atoms with E-state index in [1.807, 2.05) is 0 Å². The molecule has 1 N–H and O–H groups in total. The molecule has 0 radical (unpaired) electrons. The fourth-order valence-corrected chi connectivity index (χ4v) is 3.54. The van der Waals surface area contributed by atoms with Gasteiger partial charge in [-0.05, 0) is 48.0 Å². The van der Waals surface area contributed by atoms with Crippen molar-refractivity contribution in [3.63, 3.8) is 0 Å². The fourth-order valence-electron chi connectivity index (χ4n) is 3.54. The predicted molar refractivity (Wildman–Crippen MR) is 108 cm³/mol. The molecule has 2 aromatic carbocycles. The number of hydrogen-bond acceptors (Lipinski definition) is 5. The van der Waals surface area contributed by atoms with Crippen molar-refractivity contribution in [1.82, 2.24) is 4.98 Å². The molecule has 1 aromatic heterocycles. The minimum atomic E-state index is -1.11. The van der Waals surface area contributed by atoms with Gasteiger partial charge in [-0.3, -0.25) is 14.5 Å². The zero-order valence-electron chi connectivity index (χ0n) is 16.3. The van der Waals surface area contributed by atoms with E-state index >= 15 is 0 Å². The number of anilines is 1. The number of halogens is 2. The lowest BCUT2D eigenvalue weighted by molar-refractivity contribution is -0.132. The van der Waals surface area contributed by atoms with E-state index < -0.39 is 35.1 Å². The van der Waals surface area contributed by atoms with Gasteiger partial charge in [0.15, 0.2) is 0 Å². The third-order valence-corrected chi connectivity index (χ3v) is 4.94. The van der Waals surface area contributed by atoms with Gasteiger partial charge in [0.25, 0.3) is 5.78 Å². The molecule has 0 saturated carbocycles. The molecule has 1 unspecified atom stereocenters. The maximum atomic E-state index is 13.9. The molecule has 1 amide bonds. The first-order valence-corrected chi connectivity index (χ1v) is 9.23. The monoisotopic (exact) mass is 422 g/mol. The van der Waals surface area contributed by atoms with Gasteiger partial charge in [0.2, 0.25) is 0 Å². The van der Waals surface area contributed by atoms with Crippen molar-refractivity contribution in [3.8, 4) is 5.75 Å². The molecular weight excluding hydrogens is 406 g/mol. The summed E-state index contributed by atoms with van der Waals surface area (Å²) in [7, 11) is 1.33. The highest BCUT2D eigenvalue weighted by Gasteiger charge is 2.47. The molecule has 31 heavy (non-hydrogen) atoms. The van der Waals surface area contributed by atoms with Crippen molar-refractivity contribution in [2.45, 2.75) is 6.04 Å². The average molecular weight is 422 g/mol. The fraction of sp³-hybridized carbons (Fsp3) is 0.0870. The van der Waals surface area contributed by atoms with Gasteiger partial charge in [-0.2, -0.15) is 0 Å². The first-order chi connectivity index (χ1) is 14.9. The number of aliphatic hydroxyl groups excluding tert-OH is 1. The second-order valence-electron chi connectivity index (χ2n) is 6.75. The van der Waals surface area contributed by atoms with Gasteiger partial charge in [-0.15, -0.1) is 0 Å². The van der Waals surface area contributed by atoms with Crippen molar-refractivity contribution in [2.75, 3.05) is 12.0 Å². The highest BCUT2D eigenvalue weighted by atomic mass is 19.1. The van der Waals surface area contributed by atoms with E-state index in [-0.39, 0.29) is 22.7 Å². The molecule has 1 saturated heterocycles. The van der Waals surface area contributed by atoms with E-state index in [0.29, 0.717) is 5.56 Å². The highest BCUT2D eigenvalue weighted by Crippen LogP contribution is 2.42. The largest absolute Gasteiger partial charge is 0.507 e. The van der Waals surface area contributed by atoms with Crippen LogP contribution in [0, 0.1) is 11.6 Å². The van der Waals surface area contributed by atoms with Crippen LogP contribution in [0.2, 0.25) is 0 Å². The van der Waals surface area contributed by atoms with Crippen LogP contribution in [0.25, 0.3) is 5.76 Å². The molecule has 6 nitrogen and oxygen atoms in total. The molecule has 156 valence electrons. The number of methoxy groups -OCH3 is 1. The average Bonchev–Trinajstić information content (AvgIpc) is 3.05. The van der Waals surface area contributed by atoms with Crippen LogP contribution in [-0.4, -0.2) is 28.9 Å². The summed E-state index contributed by atoms with van der Waals surface area (Å²) in [6.45, 7) is 0. The molecule has 8 heteroatoms. The Bertz CT molecular complexity index is 1190. The van der Waals surface area contributed by atoms with Crippen molar-refractivity contribution in [3.05, 3.63) is 95.2 Å². The molecule has 0 spiro atoms. The number of ether oxygens (including phenoxy) is 1. The van der Waals surface area contributed by atoms with Gasteiger partial charge >= 0.3 is 5.91 Å². The quantitative estimate of drug-likeness (QED) is 0.391. The number of amides is 1. The van der Waals surface area contributed by atoms with Gasteiger partial charge in [-0.1, -0.05) is 18.2 Å². The number of benzene rings is 2. The van der Waals surface area contributed by atoms with Crippen LogP contribution in [0.5, 0.6) is 5.75 Å². The van der Waals surface area contributed by atoms with Gasteiger partial charge < -0.3 is 9.84 Å². The lowest BCUT2D eigenvalue weighted by Gasteiger charge is -2.24. The first-order valence-electron chi connectivity index (χ1n) is 9.23. The van der Waals surface area contributed by atoms with E-state index in [1.165, 1.54) is 49.7 Å². The lowest BCUT2D eigenvalue weighted by atomic mass is 9.95. The van der Waals surface area contributed by atoms with Crippen LogP contribution in [0.4, 0.5) is 14.6 Å². The summed E-state index contributed by atoms with van der Waals surface area (Å²) in [6, 6.07) is 12.3. The summed E-state index contributed by atoms with van der Waals surface area (Å²) >= 11 is 0.